The summed E-state index contributed by atoms with van der Waals surface area (Å²) >= 11 is 1.88. The molecule has 0 saturated carbocycles. The maximum absolute atomic E-state index is 4.37. The van der Waals surface area contributed by atoms with Gasteiger partial charge in [-0.25, -0.2) is 0 Å². The maximum atomic E-state index is 4.37. The summed E-state index contributed by atoms with van der Waals surface area (Å²) in [6.07, 6.45) is 2.27. The molecular formula is C11H18IN3S. The van der Waals surface area contributed by atoms with Gasteiger partial charge in [-0.05, 0) is 25.0 Å². The molecule has 5 heteroatoms. The molecule has 0 spiro atoms. The molecule has 0 amide bonds. The minimum Gasteiger partial charge on any atom is -0.356 e. The highest BCUT2D eigenvalue weighted by Crippen LogP contribution is 2.16. The van der Waals surface area contributed by atoms with E-state index in [0.29, 0.717) is 0 Å². The predicted molar refractivity (Wildman–Crippen MR) is 80.9 cm³/mol. The highest BCUT2D eigenvalue weighted by Gasteiger charge is 2.04. The highest BCUT2D eigenvalue weighted by atomic mass is 127. The van der Waals surface area contributed by atoms with Crippen LogP contribution in [0.2, 0.25) is 0 Å². The van der Waals surface area contributed by atoms with E-state index in [-0.39, 0.29) is 24.0 Å². The van der Waals surface area contributed by atoms with E-state index < -0.39 is 0 Å². The summed E-state index contributed by atoms with van der Waals surface area (Å²) in [5.74, 6) is 0.952. The average Bonchev–Trinajstić information content (AvgIpc) is 2.76. The van der Waals surface area contributed by atoms with Crippen molar-refractivity contribution in [1.29, 1.82) is 0 Å². The van der Waals surface area contributed by atoms with Gasteiger partial charge in [0.1, 0.15) is 0 Å². The number of thiophene rings is 1. The summed E-state index contributed by atoms with van der Waals surface area (Å²) in [6, 6.07) is 4.40. The first-order valence-corrected chi connectivity index (χ1v) is 6.30. The Hall–Kier alpha value is -0.300. The smallest absolute Gasteiger partial charge is 0.191 e. The molecule has 90 valence electrons. The first kappa shape index (κ1) is 13.8. The van der Waals surface area contributed by atoms with Gasteiger partial charge in [0.05, 0.1) is 6.54 Å². The normalized spacial score (nSPS) is 14.7. The van der Waals surface area contributed by atoms with Gasteiger partial charge >= 0.3 is 0 Å². The van der Waals surface area contributed by atoms with E-state index in [4.69, 9.17) is 0 Å². The Morgan fingerprint density at radius 3 is 2.88 bits per heavy atom. The van der Waals surface area contributed by atoms with Crippen LogP contribution in [0.25, 0.3) is 0 Å². The Kier molecular flexibility index (Phi) is 6.12. The molecule has 2 rings (SSSR count). The number of rotatable bonds is 3. The van der Waals surface area contributed by atoms with E-state index in [2.05, 4.69) is 34.7 Å². The molecule has 0 saturated heterocycles. The Morgan fingerprint density at radius 1 is 1.44 bits per heavy atom. The molecule has 0 bridgehead atoms. The zero-order valence-electron chi connectivity index (χ0n) is 9.45. The van der Waals surface area contributed by atoms with Crippen LogP contribution in [0.15, 0.2) is 17.1 Å². The lowest BCUT2D eigenvalue weighted by atomic mass is 10.3. The van der Waals surface area contributed by atoms with Crippen LogP contribution in [0, 0.1) is 0 Å². The molecule has 0 atom stereocenters. The Labute approximate surface area is 118 Å². The lowest BCUT2D eigenvalue weighted by Crippen LogP contribution is -2.40. The van der Waals surface area contributed by atoms with Crippen molar-refractivity contribution in [3.8, 4) is 0 Å². The van der Waals surface area contributed by atoms with Gasteiger partial charge in [0.2, 0.25) is 0 Å². The largest absolute Gasteiger partial charge is 0.356 e. The number of hydrogen-bond acceptors (Lipinski definition) is 4. The van der Waals surface area contributed by atoms with Crippen LogP contribution in [0.3, 0.4) is 0 Å². The SMILES string of the molecule is CCc1ccc(CNC2=NCCCN2)s1.I. The van der Waals surface area contributed by atoms with Crippen molar-refractivity contribution in [3.05, 3.63) is 21.9 Å². The molecule has 0 aromatic carbocycles. The molecule has 1 aliphatic heterocycles. The van der Waals surface area contributed by atoms with Gasteiger partial charge in [-0.3, -0.25) is 4.99 Å². The maximum Gasteiger partial charge on any atom is 0.191 e. The summed E-state index contributed by atoms with van der Waals surface area (Å²) in [5.41, 5.74) is 0. The molecule has 0 radical (unpaired) electrons. The Bertz CT molecular complexity index is 349. The van der Waals surface area contributed by atoms with Crippen molar-refractivity contribution in [2.75, 3.05) is 13.1 Å². The first-order valence-electron chi connectivity index (χ1n) is 5.48. The average molecular weight is 351 g/mol. The lowest BCUT2D eigenvalue weighted by Gasteiger charge is -2.15. The van der Waals surface area contributed by atoms with Crippen LogP contribution in [0.5, 0.6) is 0 Å². The first-order chi connectivity index (χ1) is 7.38. The standard InChI is InChI=1S/C11H17N3S.HI/c1-2-9-4-5-10(15-9)8-14-11-12-6-3-7-13-11;/h4-5H,2-3,6-8H2,1H3,(H2,12,13,14);1H. The molecule has 0 aliphatic carbocycles. The fourth-order valence-electron chi connectivity index (χ4n) is 1.53. The zero-order chi connectivity index (χ0) is 10.5. The second kappa shape index (κ2) is 7.11. The second-order valence-electron chi connectivity index (χ2n) is 3.59. The van der Waals surface area contributed by atoms with E-state index in [9.17, 15) is 0 Å². The van der Waals surface area contributed by atoms with Crippen molar-refractivity contribution in [1.82, 2.24) is 10.6 Å². The van der Waals surface area contributed by atoms with E-state index in [0.717, 1.165) is 38.4 Å². The van der Waals surface area contributed by atoms with Crippen molar-refractivity contribution in [2.45, 2.75) is 26.3 Å². The Balaban J connectivity index is 0.00000128. The molecule has 3 nitrogen and oxygen atoms in total. The molecule has 2 N–H and O–H groups in total. The fraction of sp³-hybridized carbons (Fsp3) is 0.545. The quantitative estimate of drug-likeness (QED) is 0.821. The molecule has 1 aliphatic rings. The topological polar surface area (TPSA) is 36.4 Å². The van der Waals surface area contributed by atoms with E-state index in [1.165, 1.54) is 9.75 Å². The number of aryl methyl sites for hydroxylation is 1. The molecule has 1 aromatic heterocycles. The molecule has 1 aromatic rings. The van der Waals surface area contributed by atoms with Crippen molar-refractivity contribution >= 4 is 41.3 Å². The molecule has 2 heterocycles. The van der Waals surface area contributed by atoms with Gasteiger partial charge in [-0.2, -0.15) is 0 Å². The van der Waals surface area contributed by atoms with E-state index in [1.54, 1.807) is 0 Å². The summed E-state index contributed by atoms with van der Waals surface area (Å²) in [6.45, 7) is 5.06. The van der Waals surface area contributed by atoms with Crippen molar-refractivity contribution < 1.29 is 0 Å². The van der Waals surface area contributed by atoms with Crippen LogP contribution in [0.1, 0.15) is 23.1 Å². The van der Waals surface area contributed by atoms with Gasteiger partial charge in [-0.1, -0.05) is 6.92 Å². The monoisotopic (exact) mass is 351 g/mol. The molecule has 0 unspecified atom stereocenters. The van der Waals surface area contributed by atoms with Crippen LogP contribution in [-0.2, 0) is 13.0 Å². The third-order valence-corrected chi connectivity index (χ3v) is 3.62. The molecule has 0 fully saturated rings. The van der Waals surface area contributed by atoms with Crippen LogP contribution in [-0.4, -0.2) is 19.0 Å². The van der Waals surface area contributed by atoms with Gasteiger partial charge in [0.15, 0.2) is 5.96 Å². The molecule has 16 heavy (non-hydrogen) atoms. The van der Waals surface area contributed by atoms with Crippen LogP contribution < -0.4 is 10.6 Å². The number of guanidine groups is 1. The minimum atomic E-state index is 0. The minimum absolute atomic E-state index is 0. The second-order valence-corrected chi connectivity index (χ2v) is 4.84. The fourth-order valence-corrected chi connectivity index (χ4v) is 2.43. The van der Waals surface area contributed by atoms with Crippen molar-refractivity contribution in [3.63, 3.8) is 0 Å². The van der Waals surface area contributed by atoms with Gasteiger partial charge in [-0.15, -0.1) is 35.3 Å². The number of aliphatic imine (C=N–C) groups is 1. The third kappa shape index (κ3) is 3.93. The van der Waals surface area contributed by atoms with Crippen LogP contribution in [0.4, 0.5) is 0 Å². The van der Waals surface area contributed by atoms with Crippen molar-refractivity contribution in [2.24, 2.45) is 4.99 Å². The third-order valence-electron chi connectivity index (χ3n) is 2.39. The molecular weight excluding hydrogens is 333 g/mol. The summed E-state index contributed by atoms with van der Waals surface area (Å²) in [7, 11) is 0. The Morgan fingerprint density at radius 2 is 2.25 bits per heavy atom. The summed E-state index contributed by atoms with van der Waals surface area (Å²) in [5, 5.41) is 6.58. The van der Waals surface area contributed by atoms with Crippen LogP contribution >= 0.6 is 35.3 Å². The van der Waals surface area contributed by atoms with E-state index >= 15 is 0 Å². The number of hydrogen-bond donors (Lipinski definition) is 2. The van der Waals surface area contributed by atoms with E-state index in [1.807, 2.05) is 11.3 Å². The lowest BCUT2D eigenvalue weighted by molar-refractivity contribution is 0.703. The number of nitrogens with zero attached hydrogens (tertiary/aromatic N) is 1. The summed E-state index contributed by atoms with van der Waals surface area (Å²) < 4.78 is 0. The number of nitrogens with one attached hydrogen (secondary N) is 2. The zero-order valence-corrected chi connectivity index (χ0v) is 12.6. The van der Waals surface area contributed by atoms with Gasteiger partial charge in [0.25, 0.3) is 0 Å². The van der Waals surface area contributed by atoms with Gasteiger partial charge < -0.3 is 10.6 Å². The van der Waals surface area contributed by atoms with Gasteiger partial charge in [0, 0.05) is 22.8 Å². The summed E-state index contributed by atoms with van der Waals surface area (Å²) in [4.78, 5) is 7.20. The predicted octanol–water partition coefficient (Wildman–Crippen LogP) is 2.37. The number of halogens is 1. The highest BCUT2D eigenvalue weighted by molar-refractivity contribution is 14.0.